The number of piperazine rings is 1. The first-order valence-corrected chi connectivity index (χ1v) is 11.0. The molecule has 7 nitrogen and oxygen atoms in total. The van der Waals surface area contributed by atoms with Crippen molar-refractivity contribution in [3.8, 4) is 0 Å². The quantitative estimate of drug-likeness (QED) is 0.599. The fraction of sp³-hybridized carbons (Fsp3) is 0.300. The molecule has 2 aliphatic heterocycles. The standard InChI is InChI=1S/C20H16Cl2N4O3S/c21-15-2-1-11(5-16(15)22)19(28)26-8-12-6-13(26)7-25(12)17(27)9-24-10-23-18-14(20(24)29)3-4-30-18/h1-5,10,12-13H,6-9H2/t12-,13-/m0/s1. The molecule has 5 rings (SSSR count). The summed E-state index contributed by atoms with van der Waals surface area (Å²) in [6.45, 7) is 0.868. The number of carbonyl (C=O) groups excluding carboxylic acids is 2. The smallest absolute Gasteiger partial charge is 0.262 e. The van der Waals surface area contributed by atoms with E-state index in [-0.39, 0.29) is 36.0 Å². The van der Waals surface area contributed by atoms with E-state index >= 15 is 0 Å². The molecule has 0 aliphatic carbocycles. The third kappa shape index (κ3) is 3.19. The second-order valence-corrected chi connectivity index (χ2v) is 9.20. The van der Waals surface area contributed by atoms with Gasteiger partial charge in [0.25, 0.3) is 11.5 Å². The number of fused-ring (bicyclic) bond motifs is 3. The number of likely N-dealkylation sites (tertiary alicyclic amines) is 2. The zero-order valence-corrected chi connectivity index (χ0v) is 18.0. The first-order chi connectivity index (χ1) is 14.4. The summed E-state index contributed by atoms with van der Waals surface area (Å²) in [7, 11) is 0. The summed E-state index contributed by atoms with van der Waals surface area (Å²) in [6, 6.07) is 6.46. The van der Waals surface area contributed by atoms with Crippen molar-refractivity contribution in [2.45, 2.75) is 25.0 Å². The molecule has 0 N–H and O–H groups in total. The molecule has 2 bridgehead atoms. The molecule has 0 radical (unpaired) electrons. The average Bonchev–Trinajstić information content (AvgIpc) is 3.47. The normalized spacial score (nSPS) is 20.3. The summed E-state index contributed by atoms with van der Waals surface area (Å²) in [4.78, 5) is 46.8. The van der Waals surface area contributed by atoms with E-state index in [2.05, 4.69) is 4.98 Å². The van der Waals surface area contributed by atoms with Gasteiger partial charge in [0.1, 0.15) is 11.4 Å². The van der Waals surface area contributed by atoms with Gasteiger partial charge in [-0.25, -0.2) is 4.98 Å². The van der Waals surface area contributed by atoms with Crippen molar-refractivity contribution in [1.29, 1.82) is 0 Å². The molecular weight excluding hydrogens is 447 g/mol. The number of rotatable bonds is 3. The number of aromatic nitrogens is 2. The molecule has 154 valence electrons. The van der Waals surface area contributed by atoms with E-state index in [4.69, 9.17) is 23.2 Å². The molecule has 0 unspecified atom stereocenters. The van der Waals surface area contributed by atoms with E-state index in [0.717, 1.165) is 6.42 Å². The van der Waals surface area contributed by atoms with Crippen molar-refractivity contribution in [3.63, 3.8) is 0 Å². The Morgan fingerprint density at radius 1 is 1.10 bits per heavy atom. The zero-order valence-electron chi connectivity index (χ0n) is 15.6. The molecule has 2 aromatic heterocycles. The Labute approximate surface area is 185 Å². The Morgan fingerprint density at radius 3 is 2.60 bits per heavy atom. The SMILES string of the molecule is O=C(Cn1cnc2sccc2c1=O)N1C[C@@H]2C[C@H]1CN2C(=O)c1ccc(Cl)c(Cl)c1. The maximum atomic E-state index is 12.9. The highest BCUT2D eigenvalue weighted by Gasteiger charge is 2.47. The Hall–Kier alpha value is -2.42. The highest BCUT2D eigenvalue weighted by atomic mass is 35.5. The van der Waals surface area contributed by atoms with Gasteiger partial charge < -0.3 is 9.80 Å². The molecule has 30 heavy (non-hydrogen) atoms. The second kappa shape index (κ2) is 7.37. The van der Waals surface area contributed by atoms with Gasteiger partial charge in [-0.3, -0.25) is 19.0 Å². The molecule has 0 saturated carbocycles. The molecule has 2 aliphatic rings. The number of hydrogen-bond acceptors (Lipinski definition) is 5. The zero-order chi connectivity index (χ0) is 21.0. The lowest BCUT2D eigenvalue weighted by Crippen LogP contribution is -2.51. The minimum atomic E-state index is -0.213. The Kier molecular flexibility index (Phi) is 4.80. The van der Waals surface area contributed by atoms with Gasteiger partial charge in [-0.2, -0.15) is 0 Å². The Balaban J connectivity index is 1.28. The highest BCUT2D eigenvalue weighted by Crippen LogP contribution is 2.33. The maximum Gasteiger partial charge on any atom is 0.262 e. The monoisotopic (exact) mass is 462 g/mol. The summed E-state index contributed by atoms with van der Waals surface area (Å²) in [5.41, 5.74) is 0.270. The fourth-order valence-electron chi connectivity index (χ4n) is 4.26. The predicted molar refractivity (Wildman–Crippen MR) is 115 cm³/mol. The molecular formula is C20H16Cl2N4O3S. The summed E-state index contributed by atoms with van der Waals surface area (Å²) < 4.78 is 1.35. The van der Waals surface area contributed by atoms with Gasteiger partial charge in [0.15, 0.2) is 0 Å². The fourth-order valence-corrected chi connectivity index (χ4v) is 5.28. The van der Waals surface area contributed by atoms with Crippen LogP contribution >= 0.6 is 34.5 Å². The maximum absolute atomic E-state index is 12.9. The Morgan fingerprint density at radius 2 is 1.87 bits per heavy atom. The van der Waals surface area contributed by atoms with Crippen LogP contribution in [0.2, 0.25) is 10.0 Å². The van der Waals surface area contributed by atoms with E-state index in [1.165, 1.54) is 22.2 Å². The number of carbonyl (C=O) groups is 2. The van der Waals surface area contributed by atoms with Gasteiger partial charge in [0.05, 0.1) is 33.8 Å². The molecule has 10 heteroatoms. The van der Waals surface area contributed by atoms with E-state index in [0.29, 0.717) is 38.9 Å². The van der Waals surface area contributed by atoms with E-state index in [1.54, 1.807) is 34.1 Å². The molecule has 2 amide bonds. The van der Waals surface area contributed by atoms with Crippen molar-refractivity contribution < 1.29 is 9.59 Å². The largest absolute Gasteiger partial charge is 0.334 e. The van der Waals surface area contributed by atoms with Gasteiger partial charge >= 0.3 is 0 Å². The molecule has 1 aromatic carbocycles. The van der Waals surface area contributed by atoms with Crippen LogP contribution in [0, 0.1) is 0 Å². The van der Waals surface area contributed by atoms with Gasteiger partial charge in [-0.1, -0.05) is 23.2 Å². The Bertz CT molecular complexity index is 1240. The predicted octanol–water partition coefficient (Wildman–Crippen LogP) is 2.89. The minimum absolute atomic E-state index is 0.0462. The van der Waals surface area contributed by atoms with Crippen molar-refractivity contribution in [2.24, 2.45) is 0 Å². The third-order valence-corrected chi connectivity index (χ3v) is 7.30. The van der Waals surface area contributed by atoms with Crippen LogP contribution in [0.4, 0.5) is 0 Å². The molecule has 2 saturated heterocycles. The van der Waals surface area contributed by atoms with Gasteiger partial charge in [-0.15, -0.1) is 11.3 Å². The third-order valence-electron chi connectivity index (χ3n) is 5.74. The molecule has 2 fully saturated rings. The summed E-state index contributed by atoms with van der Waals surface area (Å²) in [6.07, 6.45) is 2.16. The summed E-state index contributed by atoms with van der Waals surface area (Å²) >= 11 is 13.4. The van der Waals surface area contributed by atoms with Crippen LogP contribution in [0.3, 0.4) is 0 Å². The number of amides is 2. The van der Waals surface area contributed by atoms with Crippen LogP contribution in [0.5, 0.6) is 0 Å². The average molecular weight is 463 g/mol. The molecule has 4 heterocycles. The van der Waals surface area contributed by atoms with E-state index < -0.39 is 0 Å². The molecule has 2 atom stereocenters. The molecule has 0 spiro atoms. The number of nitrogens with zero attached hydrogens (tertiary/aromatic N) is 4. The first-order valence-electron chi connectivity index (χ1n) is 9.40. The van der Waals surface area contributed by atoms with Crippen LogP contribution < -0.4 is 5.56 Å². The van der Waals surface area contributed by atoms with Crippen LogP contribution in [-0.4, -0.2) is 56.3 Å². The van der Waals surface area contributed by atoms with Crippen LogP contribution in [0.25, 0.3) is 10.2 Å². The van der Waals surface area contributed by atoms with E-state index in [9.17, 15) is 14.4 Å². The summed E-state index contributed by atoms with van der Waals surface area (Å²) in [5, 5.41) is 3.07. The van der Waals surface area contributed by atoms with Gasteiger partial charge in [0.2, 0.25) is 5.91 Å². The van der Waals surface area contributed by atoms with Crippen molar-refractivity contribution >= 4 is 56.6 Å². The van der Waals surface area contributed by atoms with Crippen molar-refractivity contribution in [1.82, 2.24) is 19.4 Å². The first kappa shape index (κ1) is 19.5. The summed E-state index contributed by atoms with van der Waals surface area (Å²) in [5.74, 6) is -0.251. The minimum Gasteiger partial charge on any atom is -0.334 e. The number of benzene rings is 1. The molecule has 3 aromatic rings. The lowest BCUT2D eigenvalue weighted by Gasteiger charge is -2.34. The van der Waals surface area contributed by atoms with Crippen molar-refractivity contribution in [2.75, 3.05) is 13.1 Å². The number of hydrogen-bond donors (Lipinski definition) is 0. The number of halogens is 2. The second-order valence-electron chi connectivity index (χ2n) is 7.49. The highest BCUT2D eigenvalue weighted by molar-refractivity contribution is 7.16. The lowest BCUT2D eigenvalue weighted by molar-refractivity contribution is -0.134. The van der Waals surface area contributed by atoms with Crippen molar-refractivity contribution in [3.05, 3.63) is 61.9 Å². The van der Waals surface area contributed by atoms with E-state index in [1.807, 2.05) is 5.38 Å². The van der Waals surface area contributed by atoms with Crippen LogP contribution in [0.15, 0.2) is 40.8 Å². The number of thiophene rings is 1. The van der Waals surface area contributed by atoms with Crippen LogP contribution in [0.1, 0.15) is 16.8 Å². The van der Waals surface area contributed by atoms with Gasteiger partial charge in [0, 0.05) is 18.7 Å². The topological polar surface area (TPSA) is 75.5 Å². The van der Waals surface area contributed by atoms with Gasteiger partial charge in [-0.05, 0) is 36.1 Å². The lowest BCUT2D eigenvalue weighted by atomic mass is 10.1. The van der Waals surface area contributed by atoms with Crippen LogP contribution in [-0.2, 0) is 11.3 Å².